The molecule has 176 valence electrons. The number of hydrogen-bond donors (Lipinski definition) is 1. The maximum atomic E-state index is 12.8. The molecule has 1 fully saturated rings. The molecule has 11 heteroatoms. The molecule has 2 aliphatic heterocycles. The van der Waals surface area contributed by atoms with Crippen LogP contribution in [0.5, 0.6) is 5.75 Å². The Morgan fingerprint density at radius 2 is 1.55 bits per heavy atom. The van der Waals surface area contributed by atoms with Gasteiger partial charge in [-0.05, 0) is 49.3 Å². The molecule has 1 aromatic carbocycles. The second kappa shape index (κ2) is 10.3. The van der Waals surface area contributed by atoms with Crippen LogP contribution in [0, 0.1) is 0 Å². The maximum absolute atomic E-state index is 12.8. The number of rotatable bonds is 8. The zero-order chi connectivity index (χ0) is 24.2. The second-order valence-corrected chi connectivity index (χ2v) is 9.16. The van der Waals surface area contributed by atoms with E-state index in [1.165, 1.54) is 39.0 Å². The van der Waals surface area contributed by atoms with E-state index < -0.39 is 27.8 Å². The SMILES string of the molecule is CCCN1C(=O)C(=C/C=C/C=C2\Oc3ccccc3N2CS(=O)(=O)O)C(=O)N(CCC)C1=S. The van der Waals surface area contributed by atoms with E-state index in [1.54, 1.807) is 24.3 Å². The van der Waals surface area contributed by atoms with E-state index in [4.69, 9.17) is 17.0 Å². The maximum Gasteiger partial charge on any atom is 0.283 e. The molecule has 2 aliphatic rings. The molecule has 1 saturated heterocycles. The molecule has 0 radical (unpaired) electrons. The first kappa shape index (κ1) is 24.6. The first-order chi connectivity index (χ1) is 15.7. The minimum atomic E-state index is -4.32. The zero-order valence-corrected chi connectivity index (χ0v) is 19.9. The van der Waals surface area contributed by atoms with Crippen molar-refractivity contribution in [3.8, 4) is 5.75 Å². The molecule has 1 N–H and O–H groups in total. The Labute approximate surface area is 198 Å². The average molecular weight is 492 g/mol. The first-order valence-corrected chi connectivity index (χ1v) is 12.5. The number of anilines is 1. The van der Waals surface area contributed by atoms with Gasteiger partial charge in [-0.25, -0.2) is 0 Å². The van der Waals surface area contributed by atoms with E-state index in [9.17, 15) is 22.6 Å². The molecule has 9 nitrogen and oxygen atoms in total. The molecular weight excluding hydrogens is 466 g/mol. The summed E-state index contributed by atoms with van der Waals surface area (Å²) in [6.45, 7) is 4.66. The predicted octanol–water partition coefficient (Wildman–Crippen LogP) is 2.83. The van der Waals surface area contributed by atoms with E-state index in [-0.39, 0.29) is 16.6 Å². The standard InChI is InChI=1S/C22H25N3O6S2/c1-3-13-23-20(26)16(21(27)24(14-4-2)22(23)32)9-5-8-12-19-25(15-33(28,29)30)17-10-6-7-11-18(17)31-19/h5-12H,3-4,13-15H2,1-2H3,(H,28,29,30)/b8-5+,19-12-. The van der Waals surface area contributed by atoms with Crippen molar-refractivity contribution in [3.05, 3.63) is 60.0 Å². The quantitative estimate of drug-likeness (QED) is 0.256. The monoisotopic (exact) mass is 491 g/mol. The number of para-hydroxylation sites is 2. The highest BCUT2D eigenvalue weighted by Crippen LogP contribution is 2.38. The number of carbonyl (C=O) groups is 2. The smallest absolute Gasteiger partial charge is 0.283 e. The number of benzene rings is 1. The highest BCUT2D eigenvalue weighted by Gasteiger charge is 2.38. The summed E-state index contributed by atoms with van der Waals surface area (Å²) in [7, 11) is -4.32. The topological polar surface area (TPSA) is 107 Å². The lowest BCUT2D eigenvalue weighted by atomic mass is 10.1. The molecule has 0 atom stereocenters. The van der Waals surface area contributed by atoms with Crippen LogP contribution >= 0.6 is 12.2 Å². The fraction of sp³-hybridized carbons (Fsp3) is 0.318. The number of nitrogens with zero attached hydrogens (tertiary/aromatic N) is 3. The van der Waals surface area contributed by atoms with Crippen LogP contribution in [-0.4, -0.2) is 58.7 Å². The van der Waals surface area contributed by atoms with Gasteiger partial charge in [0, 0.05) is 13.1 Å². The average Bonchev–Trinajstić information content (AvgIpc) is 3.09. The van der Waals surface area contributed by atoms with Gasteiger partial charge in [0.25, 0.3) is 21.9 Å². The number of fused-ring (bicyclic) bond motifs is 1. The van der Waals surface area contributed by atoms with Crippen molar-refractivity contribution >= 4 is 45.0 Å². The summed E-state index contributed by atoms with van der Waals surface area (Å²) < 4.78 is 37.9. The third-order valence-electron chi connectivity index (χ3n) is 4.85. The summed E-state index contributed by atoms with van der Waals surface area (Å²) in [5.74, 6) is -0.970. The number of amides is 2. The lowest BCUT2D eigenvalue weighted by molar-refractivity contribution is -0.133. The van der Waals surface area contributed by atoms with Crippen molar-refractivity contribution in [2.45, 2.75) is 26.7 Å². The van der Waals surface area contributed by atoms with Crippen molar-refractivity contribution in [3.63, 3.8) is 0 Å². The third-order valence-corrected chi connectivity index (χ3v) is 5.87. The lowest BCUT2D eigenvalue weighted by Gasteiger charge is -2.36. The molecule has 0 unspecified atom stereocenters. The van der Waals surface area contributed by atoms with E-state index in [0.29, 0.717) is 37.4 Å². The van der Waals surface area contributed by atoms with Crippen LogP contribution in [0.2, 0.25) is 0 Å². The van der Waals surface area contributed by atoms with Crippen LogP contribution in [0.4, 0.5) is 5.69 Å². The summed E-state index contributed by atoms with van der Waals surface area (Å²) in [5.41, 5.74) is 0.482. The van der Waals surface area contributed by atoms with Gasteiger partial charge in [-0.3, -0.25) is 28.8 Å². The molecule has 2 amide bonds. The number of hydrogen-bond acceptors (Lipinski definition) is 7. The van der Waals surface area contributed by atoms with Gasteiger partial charge in [0.1, 0.15) is 5.57 Å². The van der Waals surface area contributed by atoms with Crippen molar-refractivity contribution in [1.29, 1.82) is 0 Å². The summed E-state index contributed by atoms with van der Waals surface area (Å²) in [4.78, 5) is 29.8. The molecule has 1 aromatic rings. The van der Waals surface area contributed by atoms with Crippen LogP contribution in [0.25, 0.3) is 0 Å². The normalized spacial score (nSPS) is 17.9. The van der Waals surface area contributed by atoms with Gasteiger partial charge >= 0.3 is 0 Å². The Balaban J connectivity index is 1.87. The van der Waals surface area contributed by atoms with Gasteiger partial charge in [-0.2, -0.15) is 8.42 Å². The molecule has 2 heterocycles. The molecule has 0 bridgehead atoms. The summed E-state index contributed by atoms with van der Waals surface area (Å²) in [5, 5.41) is 0.218. The Morgan fingerprint density at radius 1 is 0.970 bits per heavy atom. The van der Waals surface area contributed by atoms with Gasteiger partial charge in [-0.1, -0.05) is 38.1 Å². The summed E-state index contributed by atoms with van der Waals surface area (Å²) in [6.07, 6.45) is 7.29. The highest BCUT2D eigenvalue weighted by atomic mass is 32.2. The van der Waals surface area contributed by atoms with Crippen molar-refractivity contribution < 1.29 is 27.3 Å². The van der Waals surface area contributed by atoms with Crippen molar-refractivity contribution in [2.24, 2.45) is 0 Å². The molecular formula is C22H25N3O6S2. The largest absolute Gasteiger partial charge is 0.439 e. The van der Waals surface area contributed by atoms with E-state index in [2.05, 4.69) is 0 Å². The number of ether oxygens (including phenoxy) is 1. The number of thiocarbonyl (C=S) groups is 1. The fourth-order valence-corrected chi connectivity index (χ4v) is 4.39. The Kier molecular flexibility index (Phi) is 7.67. The third kappa shape index (κ3) is 5.49. The van der Waals surface area contributed by atoms with Crippen LogP contribution in [-0.2, 0) is 19.7 Å². The lowest BCUT2D eigenvalue weighted by Crippen LogP contribution is -2.56. The van der Waals surface area contributed by atoms with Crippen LogP contribution < -0.4 is 9.64 Å². The fourth-order valence-electron chi connectivity index (χ4n) is 3.45. The Hall–Kier alpha value is -3.02. The number of allylic oxidation sites excluding steroid dienone is 4. The molecule has 3 rings (SSSR count). The first-order valence-electron chi connectivity index (χ1n) is 10.4. The van der Waals surface area contributed by atoms with Crippen molar-refractivity contribution in [1.82, 2.24) is 9.80 Å². The molecule has 0 spiro atoms. The van der Waals surface area contributed by atoms with Crippen molar-refractivity contribution in [2.75, 3.05) is 23.9 Å². The Morgan fingerprint density at radius 3 is 2.12 bits per heavy atom. The predicted molar refractivity (Wildman–Crippen MR) is 128 cm³/mol. The molecule has 0 aliphatic carbocycles. The van der Waals surface area contributed by atoms with E-state index in [0.717, 1.165) is 0 Å². The zero-order valence-electron chi connectivity index (χ0n) is 18.3. The van der Waals surface area contributed by atoms with Gasteiger partial charge in [-0.15, -0.1) is 0 Å². The van der Waals surface area contributed by atoms with Crippen LogP contribution in [0.1, 0.15) is 26.7 Å². The van der Waals surface area contributed by atoms with Gasteiger partial charge < -0.3 is 4.74 Å². The minimum Gasteiger partial charge on any atom is -0.439 e. The van der Waals surface area contributed by atoms with E-state index >= 15 is 0 Å². The van der Waals surface area contributed by atoms with Gasteiger partial charge in [0.2, 0.25) is 5.88 Å². The molecule has 33 heavy (non-hydrogen) atoms. The van der Waals surface area contributed by atoms with Gasteiger partial charge in [0.05, 0.1) is 5.69 Å². The minimum absolute atomic E-state index is 0.00873. The summed E-state index contributed by atoms with van der Waals surface area (Å²) in [6, 6.07) is 6.80. The number of carbonyl (C=O) groups excluding carboxylic acids is 2. The highest BCUT2D eigenvalue weighted by molar-refractivity contribution is 7.85. The second-order valence-electron chi connectivity index (χ2n) is 7.38. The Bertz CT molecular complexity index is 1130. The molecule has 0 aromatic heterocycles. The molecule has 0 saturated carbocycles. The summed E-state index contributed by atoms with van der Waals surface area (Å²) >= 11 is 5.35. The van der Waals surface area contributed by atoms with Gasteiger partial charge in [0.15, 0.2) is 16.7 Å². The van der Waals surface area contributed by atoms with E-state index in [1.807, 2.05) is 13.8 Å². The van der Waals surface area contributed by atoms with Crippen LogP contribution in [0.15, 0.2) is 60.0 Å². The van der Waals surface area contributed by atoms with Crippen LogP contribution in [0.3, 0.4) is 0 Å².